The minimum Gasteiger partial charge on any atom is -0.358 e. The van der Waals surface area contributed by atoms with E-state index in [1.165, 1.54) is 12.8 Å². The summed E-state index contributed by atoms with van der Waals surface area (Å²) < 4.78 is 0. The van der Waals surface area contributed by atoms with Crippen LogP contribution in [-0.2, 0) is 0 Å². The maximum absolute atomic E-state index is 4.84. The second kappa shape index (κ2) is 9.05. The molecule has 0 unspecified atom stereocenters. The minimum absolute atomic E-state index is 0.592. The molecule has 5 heterocycles. The number of allylic oxidation sites excluding steroid dienone is 3. The SMILES string of the molecule is C=C(Nc1cncc(/C(C)=C/C=c2/[nH]nc(-c3nc4c(-c5ccsc5)cncc4[nH]3)c2=C)c1)C1CC1. The number of rotatable bonds is 7. The molecular formula is C28H25N7S. The fourth-order valence-corrected chi connectivity index (χ4v) is 4.79. The van der Waals surface area contributed by atoms with Crippen LogP contribution in [0.4, 0.5) is 5.69 Å². The fourth-order valence-electron chi connectivity index (χ4n) is 4.13. The first-order valence-corrected chi connectivity index (χ1v) is 12.7. The summed E-state index contributed by atoms with van der Waals surface area (Å²) in [5.41, 5.74) is 8.66. The summed E-state index contributed by atoms with van der Waals surface area (Å²) in [6, 6.07) is 4.17. The molecule has 0 amide bonds. The van der Waals surface area contributed by atoms with Crippen LogP contribution in [0.15, 0.2) is 66.0 Å². The van der Waals surface area contributed by atoms with Gasteiger partial charge in [-0.15, -0.1) is 0 Å². The van der Waals surface area contributed by atoms with Gasteiger partial charge in [0.05, 0.1) is 28.9 Å². The average Bonchev–Trinajstić information content (AvgIpc) is 3.25. The predicted octanol–water partition coefficient (Wildman–Crippen LogP) is 5.10. The Balaban J connectivity index is 1.29. The third-order valence-electron chi connectivity index (χ3n) is 6.42. The van der Waals surface area contributed by atoms with E-state index in [-0.39, 0.29) is 0 Å². The largest absolute Gasteiger partial charge is 0.358 e. The van der Waals surface area contributed by atoms with Crippen LogP contribution >= 0.6 is 11.3 Å². The lowest BCUT2D eigenvalue weighted by atomic mass is 10.1. The number of hydrogen-bond donors (Lipinski definition) is 3. The number of thiophene rings is 1. The van der Waals surface area contributed by atoms with Gasteiger partial charge in [0.15, 0.2) is 5.82 Å². The van der Waals surface area contributed by atoms with E-state index in [0.717, 1.165) is 55.2 Å². The molecule has 6 rings (SSSR count). The van der Waals surface area contributed by atoms with Crippen LogP contribution < -0.4 is 15.9 Å². The van der Waals surface area contributed by atoms with E-state index in [2.05, 4.69) is 73.4 Å². The lowest BCUT2D eigenvalue weighted by Crippen LogP contribution is -2.21. The molecule has 178 valence electrons. The molecule has 36 heavy (non-hydrogen) atoms. The van der Waals surface area contributed by atoms with Crippen molar-refractivity contribution < 1.29 is 0 Å². The van der Waals surface area contributed by atoms with Crippen molar-refractivity contribution in [1.29, 1.82) is 0 Å². The predicted molar refractivity (Wildman–Crippen MR) is 147 cm³/mol. The molecule has 5 aromatic rings. The Bertz CT molecular complexity index is 1720. The summed E-state index contributed by atoms with van der Waals surface area (Å²) in [5.74, 6) is 1.25. The van der Waals surface area contributed by atoms with Gasteiger partial charge in [0.25, 0.3) is 0 Å². The van der Waals surface area contributed by atoms with Gasteiger partial charge in [-0.2, -0.15) is 16.4 Å². The van der Waals surface area contributed by atoms with Crippen LogP contribution in [0.25, 0.3) is 51.9 Å². The smallest absolute Gasteiger partial charge is 0.159 e. The second-order valence-electron chi connectivity index (χ2n) is 9.05. The van der Waals surface area contributed by atoms with Gasteiger partial charge < -0.3 is 10.3 Å². The van der Waals surface area contributed by atoms with Crippen molar-refractivity contribution in [2.75, 3.05) is 5.32 Å². The number of pyridine rings is 2. The fraction of sp³-hybridized carbons (Fsp3) is 0.143. The van der Waals surface area contributed by atoms with Crippen LogP contribution in [0.3, 0.4) is 0 Å². The quantitative estimate of drug-likeness (QED) is 0.294. The van der Waals surface area contributed by atoms with E-state index < -0.39 is 0 Å². The highest BCUT2D eigenvalue weighted by Gasteiger charge is 2.24. The summed E-state index contributed by atoms with van der Waals surface area (Å²) >= 11 is 1.65. The summed E-state index contributed by atoms with van der Waals surface area (Å²) in [4.78, 5) is 17.0. The molecular weight excluding hydrogens is 466 g/mol. The van der Waals surface area contributed by atoms with Crippen LogP contribution in [-0.4, -0.2) is 30.1 Å². The average molecular weight is 492 g/mol. The molecule has 0 bridgehead atoms. The first kappa shape index (κ1) is 22.2. The minimum atomic E-state index is 0.592. The van der Waals surface area contributed by atoms with Gasteiger partial charge >= 0.3 is 0 Å². The van der Waals surface area contributed by atoms with Gasteiger partial charge in [-0.05, 0) is 71.4 Å². The van der Waals surface area contributed by atoms with Gasteiger partial charge in [-0.1, -0.05) is 19.2 Å². The Morgan fingerprint density at radius 3 is 2.86 bits per heavy atom. The third kappa shape index (κ3) is 4.27. The Labute approximate surface area is 212 Å². The van der Waals surface area contributed by atoms with Gasteiger partial charge in [-0.25, -0.2) is 4.98 Å². The third-order valence-corrected chi connectivity index (χ3v) is 7.10. The van der Waals surface area contributed by atoms with Crippen LogP contribution in [0, 0.1) is 5.92 Å². The van der Waals surface area contributed by atoms with E-state index in [1.807, 2.05) is 30.7 Å². The number of fused-ring (bicyclic) bond motifs is 1. The normalized spacial score (nSPS) is 14.5. The number of anilines is 1. The number of nitrogens with one attached hydrogen (secondary N) is 3. The number of H-pyrrole nitrogens is 2. The highest BCUT2D eigenvalue weighted by Crippen LogP contribution is 2.36. The number of aromatic nitrogens is 6. The first-order chi connectivity index (χ1) is 17.6. The summed E-state index contributed by atoms with van der Waals surface area (Å²) in [6.07, 6.45) is 13.8. The topological polar surface area (TPSA) is 95.2 Å². The standard InChI is InChI=1S/C28H25N7S/c1-16(21-10-22(12-29-11-21)31-18(3)19-5-6-19)4-7-24-17(2)26(35-34-24)28-32-25-14-30-13-23(27(25)33-28)20-8-9-36-15-20/h4,7-15,19,31,34H,2-3,5-6H2,1H3,(H,32,33)/b16-4+,24-7+. The number of imidazole rings is 1. The van der Waals surface area contributed by atoms with Crippen LogP contribution in [0.5, 0.6) is 0 Å². The molecule has 7 nitrogen and oxygen atoms in total. The summed E-state index contributed by atoms with van der Waals surface area (Å²) in [7, 11) is 0. The maximum atomic E-state index is 4.84. The highest BCUT2D eigenvalue weighted by atomic mass is 32.1. The molecule has 3 N–H and O–H groups in total. The van der Waals surface area contributed by atoms with Crippen LogP contribution in [0.2, 0.25) is 0 Å². The molecule has 1 aliphatic carbocycles. The van der Waals surface area contributed by atoms with E-state index in [4.69, 9.17) is 4.98 Å². The Hall–Kier alpha value is -4.30. The molecule has 1 saturated carbocycles. The molecule has 0 aromatic carbocycles. The first-order valence-electron chi connectivity index (χ1n) is 11.8. The number of nitrogens with zero attached hydrogens (tertiary/aromatic N) is 4. The van der Waals surface area contributed by atoms with Crippen LogP contribution in [0.1, 0.15) is 25.3 Å². The molecule has 0 spiro atoms. The summed E-state index contributed by atoms with van der Waals surface area (Å²) in [5, 5.41) is 16.7. The molecule has 0 radical (unpaired) electrons. The second-order valence-corrected chi connectivity index (χ2v) is 9.83. The molecule has 1 fully saturated rings. The molecule has 0 saturated heterocycles. The zero-order valence-electron chi connectivity index (χ0n) is 19.9. The lowest BCUT2D eigenvalue weighted by Gasteiger charge is -2.09. The van der Waals surface area contributed by atoms with E-state index >= 15 is 0 Å². The van der Waals surface area contributed by atoms with E-state index in [0.29, 0.717) is 17.4 Å². The van der Waals surface area contributed by atoms with Gasteiger partial charge in [0, 0.05) is 28.9 Å². The molecule has 0 aliphatic heterocycles. The lowest BCUT2D eigenvalue weighted by molar-refractivity contribution is 1.02. The monoisotopic (exact) mass is 491 g/mol. The zero-order chi connectivity index (χ0) is 24.6. The van der Waals surface area contributed by atoms with Crippen molar-refractivity contribution in [1.82, 2.24) is 30.1 Å². The van der Waals surface area contributed by atoms with Crippen molar-refractivity contribution in [3.8, 4) is 22.6 Å². The molecule has 8 heteroatoms. The van der Waals surface area contributed by atoms with Crippen molar-refractivity contribution in [2.45, 2.75) is 19.8 Å². The number of hydrogen-bond acceptors (Lipinski definition) is 6. The van der Waals surface area contributed by atoms with E-state index in [1.54, 1.807) is 17.5 Å². The zero-order valence-corrected chi connectivity index (χ0v) is 20.7. The Morgan fingerprint density at radius 1 is 1.19 bits per heavy atom. The molecule has 5 aromatic heterocycles. The Kier molecular flexibility index (Phi) is 5.58. The van der Waals surface area contributed by atoms with Crippen molar-refractivity contribution in [3.05, 3.63) is 82.2 Å². The van der Waals surface area contributed by atoms with Crippen molar-refractivity contribution in [2.24, 2.45) is 5.92 Å². The maximum Gasteiger partial charge on any atom is 0.159 e. The van der Waals surface area contributed by atoms with Gasteiger partial charge in [0.1, 0.15) is 11.2 Å². The highest BCUT2D eigenvalue weighted by molar-refractivity contribution is 7.08. The summed E-state index contributed by atoms with van der Waals surface area (Å²) in [6.45, 7) is 10.5. The number of aromatic amines is 2. The van der Waals surface area contributed by atoms with Crippen molar-refractivity contribution in [3.63, 3.8) is 0 Å². The molecule has 1 aliphatic rings. The van der Waals surface area contributed by atoms with Gasteiger partial charge in [-0.3, -0.25) is 15.1 Å². The Morgan fingerprint density at radius 2 is 2.06 bits per heavy atom. The van der Waals surface area contributed by atoms with Crippen molar-refractivity contribution >= 4 is 46.3 Å². The van der Waals surface area contributed by atoms with Gasteiger partial charge in [0.2, 0.25) is 0 Å². The molecule has 0 atom stereocenters. The van der Waals surface area contributed by atoms with E-state index in [9.17, 15) is 0 Å².